The van der Waals surface area contributed by atoms with Crippen molar-refractivity contribution in [2.24, 2.45) is 0 Å². The fraction of sp³-hybridized carbons (Fsp3) is 0.692. The zero-order valence-corrected chi connectivity index (χ0v) is 16.3. The lowest BCUT2D eigenvalue weighted by Gasteiger charge is -2.24. The van der Waals surface area contributed by atoms with E-state index < -0.39 is 52.3 Å². The lowest BCUT2D eigenvalue weighted by molar-refractivity contribution is -0.143. The first-order valence-electron chi connectivity index (χ1n) is 7.60. The van der Waals surface area contributed by atoms with E-state index in [0.29, 0.717) is 10.8 Å². The zero-order valence-electron chi connectivity index (χ0n) is 14.7. The van der Waals surface area contributed by atoms with Crippen LogP contribution >= 0.6 is 10.8 Å². The first-order chi connectivity index (χ1) is 12.4. The van der Waals surface area contributed by atoms with Gasteiger partial charge >= 0.3 is 17.9 Å². The molecular formula is C13H23N3O9S2. The molecule has 0 heterocycles. The molecule has 0 atom stereocenters. The Balaban J connectivity index is 4.58. The van der Waals surface area contributed by atoms with Crippen LogP contribution in [0.2, 0.25) is 0 Å². The number of amides is 1. The van der Waals surface area contributed by atoms with Crippen LogP contribution in [0.5, 0.6) is 0 Å². The van der Waals surface area contributed by atoms with E-state index >= 15 is 0 Å². The molecule has 0 rings (SSSR count). The Hall–Kier alpha value is -1.90. The summed E-state index contributed by atoms with van der Waals surface area (Å²) in [5, 5.41) is 28.9. The van der Waals surface area contributed by atoms with Gasteiger partial charge in [-0.2, -0.15) is 0 Å². The first kappa shape index (κ1) is 25.1. The smallest absolute Gasteiger partial charge is 0.317 e. The summed E-state index contributed by atoms with van der Waals surface area (Å²) in [6.07, 6.45) is 1.04. The maximum Gasteiger partial charge on any atom is 0.317 e. The maximum atomic E-state index is 11.9. The molecule has 0 aliphatic rings. The molecule has 27 heavy (non-hydrogen) atoms. The van der Waals surface area contributed by atoms with Gasteiger partial charge < -0.3 is 20.6 Å². The molecule has 0 saturated heterocycles. The number of nitrogens with zero attached hydrogens (tertiary/aromatic N) is 2. The molecule has 0 aromatic heterocycles. The predicted octanol–water partition coefficient (Wildman–Crippen LogP) is -2.35. The second-order valence-corrected chi connectivity index (χ2v) is 10.1. The van der Waals surface area contributed by atoms with E-state index in [1.165, 1.54) is 4.90 Å². The number of rotatable bonds is 15. The Bertz CT molecular complexity index is 623. The highest BCUT2D eigenvalue weighted by atomic mass is 33.1. The van der Waals surface area contributed by atoms with Crippen LogP contribution in [0.3, 0.4) is 0 Å². The molecule has 0 radical (unpaired) electrons. The molecule has 0 spiro atoms. The lowest BCUT2D eigenvalue weighted by Crippen LogP contribution is -2.45. The van der Waals surface area contributed by atoms with Crippen LogP contribution in [0.1, 0.15) is 0 Å². The van der Waals surface area contributed by atoms with Crippen molar-refractivity contribution in [3.63, 3.8) is 0 Å². The van der Waals surface area contributed by atoms with E-state index in [2.05, 4.69) is 5.32 Å². The summed E-state index contributed by atoms with van der Waals surface area (Å²) in [4.78, 5) is 46.6. The normalized spacial score (nSPS) is 11.5. The third-order valence-electron chi connectivity index (χ3n) is 2.90. The minimum absolute atomic E-state index is 0.0433. The summed E-state index contributed by atoms with van der Waals surface area (Å²) in [7, 11) is -2.56. The monoisotopic (exact) mass is 429 g/mol. The topological polar surface area (TPSA) is 182 Å². The summed E-state index contributed by atoms with van der Waals surface area (Å²) in [5.74, 6) is -4.08. The molecule has 0 aromatic rings. The van der Waals surface area contributed by atoms with E-state index in [0.717, 1.165) is 11.2 Å². The van der Waals surface area contributed by atoms with Crippen LogP contribution in [-0.2, 0) is 28.0 Å². The van der Waals surface area contributed by atoms with Crippen molar-refractivity contribution < 1.29 is 42.9 Å². The average Bonchev–Trinajstić information content (AvgIpc) is 2.46. The number of carbonyl (C=O) groups excluding carboxylic acids is 1. The van der Waals surface area contributed by atoms with Gasteiger partial charge in [-0.25, -0.2) is 8.42 Å². The second kappa shape index (κ2) is 12.5. The van der Waals surface area contributed by atoms with Gasteiger partial charge in [0.15, 0.2) is 8.87 Å². The van der Waals surface area contributed by atoms with Gasteiger partial charge in [0.2, 0.25) is 5.91 Å². The standard InChI is InChI=1S/C13H23N3O9S2/c1-27(24,25)26-5-2-14-10(17)6-15(7-11(18)19)3-4-16(8-12(20)21)9-13(22)23/h2-9H2,1H3,(H,14,17)(H,18,19)(H,20,21)(H,22,23). The van der Waals surface area contributed by atoms with Gasteiger partial charge in [-0.1, -0.05) is 0 Å². The Kier molecular flexibility index (Phi) is 11.6. The Morgan fingerprint density at radius 2 is 1.26 bits per heavy atom. The van der Waals surface area contributed by atoms with Gasteiger partial charge in [0.1, 0.15) is 0 Å². The third-order valence-corrected chi connectivity index (χ3v) is 5.48. The van der Waals surface area contributed by atoms with Gasteiger partial charge in [-0.15, -0.1) is 0 Å². The van der Waals surface area contributed by atoms with Gasteiger partial charge in [-0.05, 0) is 10.8 Å². The molecule has 1 amide bonds. The summed E-state index contributed by atoms with van der Waals surface area (Å²) >= 11 is 0. The van der Waals surface area contributed by atoms with Crippen LogP contribution in [0.25, 0.3) is 0 Å². The van der Waals surface area contributed by atoms with Gasteiger partial charge in [0.05, 0.1) is 26.2 Å². The van der Waals surface area contributed by atoms with Crippen molar-refractivity contribution in [1.82, 2.24) is 15.1 Å². The van der Waals surface area contributed by atoms with Crippen molar-refractivity contribution in [1.29, 1.82) is 0 Å². The highest BCUT2D eigenvalue weighted by Gasteiger charge is 2.18. The van der Waals surface area contributed by atoms with E-state index in [9.17, 15) is 27.6 Å². The second-order valence-electron chi connectivity index (χ2n) is 5.48. The fourth-order valence-electron chi connectivity index (χ4n) is 1.93. The van der Waals surface area contributed by atoms with Crippen molar-refractivity contribution in [3.8, 4) is 0 Å². The predicted molar refractivity (Wildman–Crippen MR) is 96.1 cm³/mol. The zero-order chi connectivity index (χ0) is 21.0. The van der Waals surface area contributed by atoms with Crippen LogP contribution in [0, 0.1) is 0 Å². The number of carboxylic acids is 3. The minimum atomic E-state index is -3.22. The Morgan fingerprint density at radius 1 is 0.852 bits per heavy atom. The minimum Gasteiger partial charge on any atom is -0.480 e. The van der Waals surface area contributed by atoms with Crippen molar-refractivity contribution >= 4 is 43.5 Å². The van der Waals surface area contributed by atoms with Crippen LogP contribution in [0.4, 0.5) is 0 Å². The Labute approximate surface area is 159 Å². The molecule has 156 valence electrons. The SMILES string of the molecule is CS(=O)(=O)SCCNC(=O)CN(CCN(CC(=O)O)CC(=O)O)CC(=O)O. The van der Waals surface area contributed by atoms with E-state index in [-0.39, 0.29) is 31.9 Å². The van der Waals surface area contributed by atoms with Gasteiger partial charge in [-0.3, -0.25) is 29.0 Å². The molecule has 0 bridgehead atoms. The summed E-state index contributed by atoms with van der Waals surface area (Å²) in [6.45, 7) is -1.93. The van der Waals surface area contributed by atoms with Crippen molar-refractivity contribution in [3.05, 3.63) is 0 Å². The molecule has 14 heteroatoms. The van der Waals surface area contributed by atoms with Gasteiger partial charge in [0.25, 0.3) is 0 Å². The highest BCUT2D eigenvalue weighted by Crippen LogP contribution is 2.07. The molecular weight excluding hydrogens is 406 g/mol. The molecule has 0 fully saturated rings. The number of carboxylic acid groups (broad SMARTS) is 3. The summed E-state index contributed by atoms with van der Waals surface area (Å²) in [6, 6.07) is 0. The lowest BCUT2D eigenvalue weighted by atomic mass is 10.3. The first-order valence-corrected chi connectivity index (χ1v) is 11.0. The van der Waals surface area contributed by atoms with Gasteiger partial charge in [0, 0.05) is 31.6 Å². The van der Waals surface area contributed by atoms with Crippen LogP contribution in [0.15, 0.2) is 0 Å². The van der Waals surface area contributed by atoms with E-state index in [1.54, 1.807) is 0 Å². The Morgan fingerprint density at radius 3 is 1.63 bits per heavy atom. The number of hydrogen-bond donors (Lipinski definition) is 4. The van der Waals surface area contributed by atoms with Crippen LogP contribution < -0.4 is 5.32 Å². The molecule has 0 aromatic carbocycles. The average molecular weight is 429 g/mol. The number of hydrogen-bond acceptors (Lipinski definition) is 9. The van der Waals surface area contributed by atoms with E-state index in [1.807, 2.05) is 0 Å². The number of aliphatic carboxylic acids is 3. The number of carbonyl (C=O) groups is 4. The molecule has 0 aliphatic carbocycles. The largest absolute Gasteiger partial charge is 0.480 e. The summed E-state index contributed by atoms with van der Waals surface area (Å²) < 4.78 is 21.9. The number of nitrogens with one attached hydrogen (secondary N) is 1. The summed E-state index contributed by atoms with van der Waals surface area (Å²) in [5.41, 5.74) is 0. The highest BCUT2D eigenvalue weighted by molar-refractivity contribution is 8.71. The van der Waals surface area contributed by atoms with Crippen molar-refractivity contribution in [2.45, 2.75) is 0 Å². The fourth-order valence-corrected chi connectivity index (χ4v) is 3.57. The molecule has 0 saturated carbocycles. The van der Waals surface area contributed by atoms with Crippen molar-refractivity contribution in [2.75, 3.05) is 57.8 Å². The molecule has 0 unspecified atom stereocenters. The van der Waals surface area contributed by atoms with Crippen LogP contribution in [-0.4, -0.2) is 115 Å². The third kappa shape index (κ3) is 16.0. The molecule has 4 N–H and O–H groups in total. The molecule has 12 nitrogen and oxygen atoms in total. The maximum absolute atomic E-state index is 11.9. The molecule has 0 aliphatic heterocycles. The van der Waals surface area contributed by atoms with E-state index in [4.69, 9.17) is 15.3 Å². The quantitative estimate of drug-likeness (QED) is 0.161.